The highest BCUT2D eigenvalue weighted by Crippen LogP contribution is 2.42. The van der Waals surface area contributed by atoms with Crippen LogP contribution in [0, 0.1) is 5.92 Å². The molecule has 2 heterocycles. The van der Waals surface area contributed by atoms with E-state index in [1.807, 2.05) is 0 Å². The lowest BCUT2D eigenvalue weighted by atomic mass is 10.0. The molecule has 11 amide bonds. The zero-order valence-corrected chi connectivity index (χ0v) is 41.5. The Balaban J connectivity index is 1.83. The number of likely N-dealkylation sites (N-methyl/N-ethyl adjacent to an activating group) is 1. The Morgan fingerprint density at radius 1 is 0.750 bits per heavy atom. The first-order valence-corrected chi connectivity index (χ1v) is 25.7. The minimum Gasteiger partial charge on any atom is -0.464 e. The number of nitrogens with zero attached hydrogens (tertiary/aromatic N) is 1. The van der Waals surface area contributed by atoms with Gasteiger partial charge >= 0.3 is 27.4 Å². The van der Waals surface area contributed by atoms with Crippen LogP contribution < -0.4 is 48.3 Å². The van der Waals surface area contributed by atoms with E-state index >= 15 is 0 Å². The fourth-order valence-electron chi connectivity index (χ4n) is 6.31. The van der Waals surface area contributed by atoms with E-state index in [1.165, 1.54) is 7.05 Å². The molecule has 0 saturated carbocycles. The van der Waals surface area contributed by atoms with Gasteiger partial charge in [-0.1, -0.05) is 13.8 Å². The second kappa shape index (κ2) is 31.5. The maximum absolute atomic E-state index is 13.6. The summed E-state index contributed by atoms with van der Waals surface area (Å²) < 4.78 is 48.5. The second-order valence-corrected chi connectivity index (χ2v) is 19.2. The lowest BCUT2D eigenvalue weighted by Crippen LogP contribution is -2.58. The summed E-state index contributed by atoms with van der Waals surface area (Å²) in [5.41, 5.74) is 5.07. The number of hydrogen-bond acceptors (Lipinski definition) is 18. The number of amides is 11. The fourth-order valence-corrected chi connectivity index (χ4v) is 7.50. The van der Waals surface area contributed by atoms with E-state index in [1.54, 1.807) is 13.8 Å². The molecule has 0 bridgehead atoms. The van der Waals surface area contributed by atoms with E-state index in [0.29, 0.717) is 4.90 Å². The first-order valence-electron chi connectivity index (χ1n) is 22.4. The predicted octanol–water partition coefficient (Wildman–Crippen LogP) is -5.24. The Morgan fingerprint density at radius 2 is 1.39 bits per heavy atom. The molecule has 2 aliphatic heterocycles. The zero-order chi connectivity index (χ0) is 54.0. The van der Waals surface area contributed by atoms with Crippen molar-refractivity contribution in [2.75, 3.05) is 79.1 Å². The number of rotatable bonds is 35. The normalized spacial score (nSPS) is 16.9. The number of carbonyl (C=O) groups is 11. The van der Waals surface area contributed by atoms with Gasteiger partial charge in [0.2, 0.25) is 41.4 Å². The monoisotopic (exact) mass is 1070 g/mol. The Hall–Kier alpha value is -5.91. The van der Waals surface area contributed by atoms with Gasteiger partial charge in [0, 0.05) is 58.1 Å². The lowest BCUT2D eigenvalue weighted by molar-refractivity contribution is -0.145. The van der Waals surface area contributed by atoms with Gasteiger partial charge in [0.15, 0.2) is 0 Å². The summed E-state index contributed by atoms with van der Waals surface area (Å²) >= 11 is 0. The van der Waals surface area contributed by atoms with Crippen LogP contribution in [0.25, 0.3) is 0 Å². The minimum absolute atomic E-state index is 0.0691. The highest BCUT2D eigenvalue weighted by atomic mass is 31.2. The van der Waals surface area contributed by atoms with E-state index in [-0.39, 0.29) is 65.3 Å². The summed E-state index contributed by atoms with van der Waals surface area (Å²) in [4.78, 5) is 166. The largest absolute Gasteiger partial charge is 0.472 e. The molecule has 1 saturated heterocycles. The number of urea groups is 1. The van der Waals surface area contributed by atoms with Crippen LogP contribution in [0.2, 0.25) is 0 Å². The van der Waals surface area contributed by atoms with Gasteiger partial charge in [0.25, 0.3) is 11.8 Å². The van der Waals surface area contributed by atoms with Gasteiger partial charge in [-0.05, 0) is 18.8 Å². The molecule has 2 aliphatic rings. The quantitative estimate of drug-likeness (QED) is 0.0122. The number of hydrogen-bond donors (Lipinski definition) is 12. The van der Waals surface area contributed by atoms with Crippen LogP contribution in [0.5, 0.6) is 0 Å². The van der Waals surface area contributed by atoms with Gasteiger partial charge in [-0.15, -0.1) is 0 Å². The maximum atomic E-state index is 13.6. The molecular formula is C39H64N10O21P2. The van der Waals surface area contributed by atoms with Crippen LogP contribution in [-0.4, -0.2) is 194 Å². The van der Waals surface area contributed by atoms with Crippen LogP contribution in [0.1, 0.15) is 52.4 Å². The number of phosphoric ester groups is 1. The highest BCUT2D eigenvalue weighted by Gasteiger charge is 2.37. The zero-order valence-electron chi connectivity index (χ0n) is 39.7. The molecule has 2 rings (SSSR count). The summed E-state index contributed by atoms with van der Waals surface area (Å²) in [6.07, 6.45) is -0.0700. The molecule has 406 valence electrons. The molecule has 0 aromatic rings. The summed E-state index contributed by atoms with van der Waals surface area (Å²) in [6.45, 7) is 0.664. The average Bonchev–Trinajstić information content (AvgIpc) is 3.86. The first-order chi connectivity index (χ1) is 33.8. The van der Waals surface area contributed by atoms with E-state index in [0.717, 1.165) is 12.2 Å². The number of imide groups is 1. The van der Waals surface area contributed by atoms with Crippen LogP contribution in [-0.2, 0) is 80.3 Å². The van der Waals surface area contributed by atoms with Crippen LogP contribution in [0.15, 0.2) is 12.2 Å². The van der Waals surface area contributed by atoms with E-state index in [4.69, 9.17) is 38.8 Å². The SMILES string of the molecule is CNC(=O)[C@H](CCCNC(N)=O)NC(=O)[C@@H](NC(=O)[C@H](CC(=O)N[C@H]1CCOC1=O)NC(=O)CCOCCOCCOP(=O)(O)OCCNC(=O)[C@H](CNC(=O)CCP(=O)(O)O)N1C(=O)C=CC1=O)C(C)C. The third-order valence-electron chi connectivity index (χ3n) is 9.97. The second-order valence-electron chi connectivity index (χ2n) is 16.0. The van der Waals surface area contributed by atoms with Crippen molar-refractivity contribution in [3.8, 4) is 0 Å². The Morgan fingerprint density at radius 3 is 1.99 bits per heavy atom. The number of ether oxygens (including phenoxy) is 3. The number of nitrogens with two attached hydrogens (primary N) is 1. The maximum Gasteiger partial charge on any atom is 0.472 e. The molecule has 13 N–H and O–H groups in total. The van der Waals surface area contributed by atoms with Crippen molar-refractivity contribution in [2.24, 2.45) is 11.7 Å². The summed E-state index contributed by atoms with van der Waals surface area (Å²) in [5, 5.41) is 19.3. The Labute approximate surface area is 412 Å². The van der Waals surface area contributed by atoms with Crippen molar-refractivity contribution in [2.45, 2.75) is 82.6 Å². The average molecular weight is 1070 g/mol. The van der Waals surface area contributed by atoms with Crippen LogP contribution in [0.3, 0.4) is 0 Å². The Kier molecular flexibility index (Phi) is 27.2. The van der Waals surface area contributed by atoms with Crippen molar-refractivity contribution in [3.63, 3.8) is 0 Å². The highest BCUT2D eigenvalue weighted by molar-refractivity contribution is 7.51. The van der Waals surface area contributed by atoms with Crippen molar-refractivity contribution in [3.05, 3.63) is 12.2 Å². The van der Waals surface area contributed by atoms with Gasteiger partial charge in [-0.2, -0.15) is 0 Å². The predicted molar refractivity (Wildman–Crippen MR) is 244 cm³/mol. The third kappa shape index (κ3) is 24.5. The molecule has 6 atom stereocenters. The van der Waals surface area contributed by atoms with Gasteiger partial charge in [0.05, 0.1) is 58.8 Å². The molecule has 31 nitrogen and oxygen atoms in total. The third-order valence-corrected chi connectivity index (χ3v) is 11.8. The van der Waals surface area contributed by atoms with Gasteiger partial charge in [-0.3, -0.25) is 61.7 Å². The topological polar surface area (TPSA) is 454 Å². The lowest BCUT2D eigenvalue weighted by Gasteiger charge is -2.27. The molecule has 0 aromatic heterocycles. The number of primary amides is 1. The van der Waals surface area contributed by atoms with Crippen molar-refractivity contribution >= 4 is 80.6 Å². The van der Waals surface area contributed by atoms with Gasteiger partial charge < -0.3 is 77.2 Å². The van der Waals surface area contributed by atoms with Crippen LogP contribution in [0.4, 0.5) is 4.79 Å². The van der Waals surface area contributed by atoms with Gasteiger partial charge in [0.1, 0.15) is 30.2 Å². The molecule has 0 aliphatic carbocycles. The molecule has 72 heavy (non-hydrogen) atoms. The summed E-state index contributed by atoms with van der Waals surface area (Å²) in [5.74, 6) is -8.64. The minimum atomic E-state index is -4.70. The van der Waals surface area contributed by atoms with Crippen molar-refractivity contribution < 1.29 is 99.8 Å². The number of esters is 1. The Bertz CT molecular complexity index is 2060. The van der Waals surface area contributed by atoms with Crippen molar-refractivity contribution in [1.82, 2.24) is 47.4 Å². The van der Waals surface area contributed by atoms with E-state index < -0.39 is 162 Å². The molecule has 0 radical (unpaired) electrons. The molecule has 0 aromatic carbocycles. The number of carbonyl (C=O) groups excluding carboxylic acids is 11. The molecule has 0 spiro atoms. The van der Waals surface area contributed by atoms with E-state index in [9.17, 15) is 66.8 Å². The summed E-state index contributed by atoms with van der Waals surface area (Å²) in [7, 11) is -7.85. The standard InChI is InChI=1S/C39H64N10O21P2/c1-23(2)33(37(58)47-24(34(55)41-3)5-4-11-43-39(40)60)48-35(56)26(21-30(52)45-25-8-14-68-38(25)59)46-29(51)9-13-66-16-17-67-18-19-70-72(64,65)69-15-12-42-36(57)27(49-31(53)6-7-32(49)54)22-44-28(50)10-20-71(61,62)63/h6-7,23-27,33H,4-5,8-22H2,1-3H3,(H,41,55)(H,42,57)(H,44,50)(H,45,52)(H,46,51)(H,47,58)(H,48,56)(H,64,65)(H3,40,43,60)(H2,61,62,63)/t24-,25-,26-,27-,33-/m0/s1. The van der Waals surface area contributed by atoms with E-state index in [2.05, 4.69) is 42.5 Å². The number of phosphoric acid groups is 1. The molecular weight excluding hydrogens is 1010 g/mol. The summed E-state index contributed by atoms with van der Waals surface area (Å²) in [6, 6.07) is -7.22. The smallest absolute Gasteiger partial charge is 0.464 e. The first kappa shape index (κ1) is 62.2. The molecule has 1 fully saturated rings. The van der Waals surface area contributed by atoms with Gasteiger partial charge in [-0.25, -0.2) is 14.2 Å². The van der Waals surface area contributed by atoms with Crippen molar-refractivity contribution in [1.29, 1.82) is 0 Å². The molecule has 1 unspecified atom stereocenters. The number of nitrogens with one attached hydrogen (secondary N) is 8. The fraction of sp³-hybridized carbons (Fsp3) is 0.667. The molecule has 33 heteroatoms. The number of cyclic esters (lactones) is 1. The van der Waals surface area contributed by atoms with Crippen LogP contribution >= 0.6 is 15.4 Å².